The van der Waals surface area contributed by atoms with Crippen LogP contribution in [0.15, 0.2) is 42.6 Å². The molecule has 1 N–H and O–H groups in total. The maximum Gasteiger partial charge on any atom is 0.0664 e. The number of rotatable bonds is 3. The van der Waals surface area contributed by atoms with Crippen molar-refractivity contribution < 1.29 is 5.11 Å². The summed E-state index contributed by atoms with van der Waals surface area (Å²) in [4.78, 5) is 4.49. The average molecular weight is 288 g/mol. The lowest BCUT2D eigenvalue weighted by Gasteiger charge is -2.28. The minimum atomic E-state index is -0.401. The number of aromatic nitrogens is 1. The van der Waals surface area contributed by atoms with Gasteiger partial charge in [-0.3, -0.25) is 4.98 Å². The Hall–Kier alpha value is -1.38. The van der Waals surface area contributed by atoms with E-state index < -0.39 is 6.10 Å². The molecule has 3 heteroatoms. The fraction of sp³-hybridized carbons (Fsp3) is 0.353. The number of benzene rings is 1. The van der Waals surface area contributed by atoms with Crippen molar-refractivity contribution in [2.24, 2.45) is 0 Å². The monoisotopic (exact) mass is 287 g/mol. The molecule has 2 atom stereocenters. The summed E-state index contributed by atoms with van der Waals surface area (Å²) in [7, 11) is 0. The summed E-state index contributed by atoms with van der Waals surface area (Å²) in [5, 5.41) is 11.3. The highest BCUT2D eigenvalue weighted by Crippen LogP contribution is 2.33. The summed E-state index contributed by atoms with van der Waals surface area (Å²) < 4.78 is 0. The van der Waals surface area contributed by atoms with Crippen LogP contribution in [0.5, 0.6) is 0 Å². The molecule has 3 rings (SSSR count). The van der Waals surface area contributed by atoms with Gasteiger partial charge in [-0.1, -0.05) is 29.8 Å². The molecule has 2 unspecified atom stereocenters. The first-order valence-electron chi connectivity index (χ1n) is 7.10. The van der Waals surface area contributed by atoms with Gasteiger partial charge < -0.3 is 5.11 Å². The molecule has 104 valence electrons. The zero-order valence-corrected chi connectivity index (χ0v) is 12.1. The summed E-state index contributed by atoms with van der Waals surface area (Å²) >= 11 is 6.00. The third kappa shape index (κ3) is 2.87. The number of pyridine rings is 1. The number of aliphatic hydroxyl groups excluding tert-OH is 1. The second-order valence-electron chi connectivity index (χ2n) is 5.45. The van der Waals surface area contributed by atoms with Crippen molar-refractivity contribution in [3.05, 3.63) is 64.4 Å². The Morgan fingerprint density at radius 3 is 3.05 bits per heavy atom. The van der Waals surface area contributed by atoms with Crippen LogP contribution in [-0.2, 0) is 12.8 Å². The Morgan fingerprint density at radius 2 is 2.20 bits per heavy atom. The molecule has 0 bridgehead atoms. The average Bonchev–Trinajstić information content (AvgIpc) is 2.46. The topological polar surface area (TPSA) is 33.1 Å². The van der Waals surface area contributed by atoms with E-state index in [2.05, 4.69) is 11.1 Å². The predicted molar refractivity (Wildman–Crippen MR) is 81.1 cm³/mol. The Kier molecular flexibility index (Phi) is 4.04. The van der Waals surface area contributed by atoms with Crippen molar-refractivity contribution in [3.63, 3.8) is 0 Å². The number of nitrogens with zero attached hydrogens (tertiary/aromatic N) is 1. The van der Waals surface area contributed by atoms with Crippen LogP contribution in [0.1, 0.15) is 35.6 Å². The van der Waals surface area contributed by atoms with Crippen molar-refractivity contribution in [1.82, 2.24) is 4.98 Å². The van der Waals surface area contributed by atoms with E-state index in [1.165, 1.54) is 5.56 Å². The summed E-state index contributed by atoms with van der Waals surface area (Å²) in [6.45, 7) is 0. The van der Waals surface area contributed by atoms with Gasteiger partial charge in [-0.25, -0.2) is 0 Å². The van der Waals surface area contributed by atoms with Crippen LogP contribution in [0.25, 0.3) is 0 Å². The lowest BCUT2D eigenvalue weighted by atomic mass is 9.81. The normalized spacial score (nSPS) is 19.4. The van der Waals surface area contributed by atoms with Crippen molar-refractivity contribution >= 4 is 11.6 Å². The van der Waals surface area contributed by atoms with Gasteiger partial charge in [-0.15, -0.1) is 0 Å². The molecule has 1 heterocycles. The van der Waals surface area contributed by atoms with Crippen LogP contribution >= 0.6 is 11.6 Å². The van der Waals surface area contributed by atoms with Gasteiger partial charge in [0, 0.05) is 22.8 Å². The molecule has 1 aromatic carbocycles. The highest BCUT2D eigenvalue weighted by Gasteiger charge is 2.27. The Morgan fingerprint density at radius 1 is 1.30 bits per heavy atom. The van der Waals surface area contributed by atoms with Crippen LogP contribution in [0.2, 0.25) is 5.02 Å². The third-order valence-corrected chi connectivity index (χ3v) is 4.27. The van der Waals surface area contributed by atoms with Gasteiger partial charge in [0.25, 0.3) is 0 Å². The molecule has 0 amide bonds. The molecule has 1 aromatic heterocycles. The van der Waals surface area contributed by atoms with E-state index in [0.717, 1.165) is 35.5 Å². The minimum Gasteiger partial charge on any atom is -0.392 e. The van der Waals surface area contributed by atoms with E-state index >= 15 is 0 Å². The molecule has 0 radical (unpaired) electrons. The lowest BCUT2D eigenvalue weighted by Crippen LogP contribution is -2.25. The largest absolute Gasteiger partial charge is 0.392 e. The molecule has 1 aliphatic rings. The number of aryl methyl sites for hydroxylation is 1. The fourth-order valence-corrected chi connectivity index (χ4v) is 3.28. The van der Waals surface area contributed by atoms with Crippen LogP contribution in [0.4, 0.5) is 0 Å². The zero-order chi connectivity index (χ0) is 13.9. The maximum atomic E-state index is 10.6. The molecule has 1 aliphatic carbocycles. The van der Waals surface area contributed by atoms with E-state index in [9.17, 15) is 5.11 Å². The Bertz CT molecular complexity index is 599. The van der Waals surface area contributed by atoms with Crippen molar-refractivity contribution in [2.75, 3.05) is 0 Å². The number of hydrogen-bond acceptors (Lipinski definition) is 2. The molecule has 0 spiro atoms. The molecule has 0 fully saturated rings. The number of halogens is 1. The first-order valence-corrected chi connectivity index (χ1v) is 7.48. The molecule has 0 aliphatic heterocycles. The minimum absolute atomic E-state index is 0.138. The Balaban J connectivity index is 1.80. The van der Waals surface area contributed by atoms with Gasteiger partial charge >= 0.3 is 0 Å². The highest BCUT2D eigenvalue weighted by molar-refractivity contribution is 6.30. The molecule has 0 saturated heterocycles. The van der Waals surface area contributed by atoms with Gasteiger partial charge in [0.15, 0.2) is 0 Å². The smallest absolute Gasteiger partial charge is 0.0664 e. The standard InChI is InChI=1S/C17H18ClNO/c18-14-7-1-4-12(10-14)11-16(20)15-8-2-5-13-6-3-9-19-17(13)15/h1,3-4,6-7,9-10,15-16,20H,2,5,8,11H2. The Labute approximate surface area is 124 Å². The second-order valence-corrected chi connectivity index (χ2v) is 5.88. The van der Waals surface area contributed by atoms with Crippen LogP contribution in [-0.4, -0.2) is 16.2 Å². The first kappa shape index (κ1) is 13.6. The number of fused-ring (bicyclic) bond motifs is 1. The van der Waals surface area contributed by atoms with Crippen molar-refractivity contribution in [1.29, 1.82) is 0 Å². The van der Waals surface area contributed by atoms with Crippen LogP contribution in [0.3, 0.4) is 0 Å². The van der Waals surface area contributed by atoms with Crippen LogP contribution in [0, 0.1) is 0 Å². The van der Waals surface area contributed by atoms with E-state index in [1.807, 2.05) is 36.5 Å². The van der Waals surface area contributed by atoms with Gasteiger partial charge in [0.05, 0.1) is 6.10 Å². The van der Waals surface area contributed by atoms with E-state index in [0.29, 0.717) is 6.42 Å². The van der Waals surface area contributed by atoms with Gasteiger partial charge in [-0.05, 0) is 55.0 Å². The van der Waals surface area contributed by atoms with E-state index in [-0.39, 0.29) is 5.92 Å². The summed E-state index contributed by atoms with van der Waals surface area (Å²) in [6.07, 6.45) is 5.25. The van der Waals surface area contributed by atoms with Crippen molar-refractivity contribution in [2.45, 2.75) is 37.7 Å². The number of hydrogen-bond donors (Lipinski definition) is 1. The van der Waals surface area contributed by atoms with E-state index in [4.69, 9.17) is 11.6 Å². The fourth-order valence-electron chi connectivity index (χ4n) is 3.07. The van der Waals surface area contributed by atoms with Crippen LogP contribution < -0.4 is 0 Å². The molecular formula is C17H18ClNO. The molecule has 2 aromatic rings. The summed E-state index contributed by atoms with van der Waals surface area (Å²) in [5.41, 5.74) is 3.44. The quantitative estimate of drug-likeness (QED) is 0.932. The van der Waals surface area contributed by atoms with E-state index in [1.54, 1.807) is 0 Å². The molecular weight excluding hydrogens is 270 g/mol. The van der Waals surface area contributed by atoms with Gasteiger partial charge in [0.2, 0.25) is 0 Å². The third-order valence-electron chi connectivity index (χ3n) is 4.04. The molecule has 0 saturated carbocycles. The zero-order valence-electron chi connectivity index (χ0n) is 11.3. The van der Waals surface area contributed by atoms with Crippen molar-refractivity contribution in [3.8, 4) is 0 Å². The van der Waals surface area contributed by atoms with Gasteiger partial charge in [0.1, 0.15) is 0 Å². The van der Waals surface area contributed by atoms with Gasteiger partial charge in [-0.2, -0.15) is 0 Å². The first-order chi connectivity index (χ1) is 9.74. The second kappa shape index (κ2) is 5.94. The lowest BCUT2D eigenvalue weighted by molar-refractivity contribution is 0.132. The summed E-state index contributed by atoms with van der Waals surface area (Å²) in [5.74, 6) is 0.138. The molecule has 20 heavy (non-hydrogen) atoms. The predicted octanol–water partition coefficient (Wildman–Crippen LogP) is 3.76. The summed E-state index contributed by atoms with van der Waals surface area (Å²) in [6, 6.07) is 11.8. The molecule has 2 nitrogen and oxygen atoms in total. The number of aliphatic hydroxyl groups is 1. The maximum absolute atomic E-state index is 10.6. The highest BCUT2D eigenvalue weighted by atomic mass is 35.5. The SMILES string of the molecule is OC(Cc1cccc(Cl)c1)C1CCCc2cccnc21.